The quantitative estimate of drug-likeness (QED) is 0.833. The lowest BCUT2D eigenvalue weighted by molar-refractivity contribution is 0.143. The van der Waals surface area contributed by atoms with E-state index < -0.39 is 0 Å². The van der Waals surface area contributed by atoms with Gasteiger partial charge in [-0.15, -0.1) is 0 Å². The first kappa shape index (κ1) is 14.2. The highest BCUT2D eigenvalue weighted by atomic mass is 35.5. The van der Waals surface area contributed by atoms with E-state index in [1.54, 1.807) is 18.2 Å². The van der Waals surface area contributed by atoms with Crippen molar-refractivity contribution in [2.24, 2.45) is 0 Å². The predicted molar refractivity (Wildman–Crippen MR) is 78.2 cm³/mol. The van der Waals surface area contributed by atoms with Gasteiger partial charge < -0.3 is 9.47 Å². The minimum Gasteiger partial charge on any atom is -0.490 e. The average molecular weight is 288 g/mol. The standard InChI is InChI=1S/C16H14ClNO2/c1-12(11-19-14-5-3-2-4-6-14)20-15-8-7-13(10-18)16(17)9-15/h2-9,12H,11H2,1H3. The van der Waals surface area contributed by atoms with Gasteiger partial charge in [0.15, 0.2) is 0 Å². The van der Waals surface area contributed by atoms with Gasteiger partial charge >= 0.3 is 0 Å². The molecule has 2 aromatic carbocycles. The topological polar surface area (TPSA) is 42.2 Å². The van der Waals surface area contributed by atoms with Gasteiger partial charge in [0.2, 0.25) is 0 Å². The van der Waals surface area contributed by atoms with Crippen molar-refractivity contribution >= 4 is 11.6 Å². The van der Waals surface area contributed by atoms with Crippen LogP contribution in [0.15, 0.2) is 48.5 Å². The monoisotopic (exact) mass is 287 g/mol. The average Bonchev–Trinajstić information content (AvgIpc) is 2.46. The molecule has 1 atom stereocenters. The van der Waals surface area contributed by atoms with E-state index >= 15 is 0 Å². The molecule has 0 aliphatic rings. The lowest BCUT2D eigenvalue weighted by Gasteiger charge is -2.16. The van der Waals surface area contributed by atoms with E-state index in [2.05, 4.69) is 0 Å². The van der Waals surface area contributed by atoms with Gasteiger partial charge in [-0.3, -0.25) is 0 Å². The summed E-state index contributed by atoms with van der Waals surface area (Å²) >= 11 is 5.95. The molecule has 0 fully saturated rings. The normalized spacial score (nSPS) is 11.4. The Labute approximate surface area is 123 Å². The van der Waals surface area contributed by atoms with Crippen molar-refractivity contribution in [2.45, 2.75) is 13.0 Å². The Morgan fingerprint density at radius 3 is 2.55 bits per heavy atom. The van der Waals surface area contributed by atoms with Crippen molar-refractivity contribution in [1.29, 1.82) is 5.26 Å². The van der Waals surface area contributed by atoms with Crippen LogP contribution in [0.5, 0.6) is 11.5 Å². The fourth-order valence-electron chi connectivity index (χ4n) is 1.66. The zero-order valence-corrected chi connectivity index (χ0v) is 11.8. The minimum absolute atomic E-state index is 0.126. The van der Waals surface area contributed by atoms with Crippen LogP contribution in [0.3, 0.4) is 0 Å². The minimum atomic E-state index is -0.126. The molecular weight excluding hydrogens is 274 g/mol. The largest absolute Gasteiger partial charge is 0.490 e. The Balaban J connectivity index is 1.90. The van der Waals surface area contributed by atoms with Gasteiger partial charge in [0.1, 0.15) is 30.3 Å². The zero-order chi connectivity index (χ0) is 14.4. The van der Waals surface area contributed by atoms with Crippen molar-refractivity contribution in [1.82, 2.24) is 0 Å². The van der Waals surface area contributed by atoms with Crippen LogP contribution >= 0.6 is 11.6 Å². The van der Waals surface area contributed by atoms with Crippen LogP contribution in [0.4, 0.5) is 0 Å². The maximum Gasteiger partial charge on any atom is 0.130 e. The van der Waals surface area contributed by atoms with Crippen LogP contribution in [0.25, 0.3) is 0 Å². The molecule has 0 aromatic heterocycles. The molecule has 0 spiro atoms. The first-order valence-corrected chi connectivity index (χ1v) is 6.61. The summed E-state index contributed by atoms with van der Waals surface area (Å²) in [6, 6.07) is 16.6. The number of halogens is 1. The molecule has 0 radical (unpaired) electrons. The second-order valence-electron chi connectivity index (χ2n) is 4.31. The van der Waals surface area contributed by atoms with Crippen LogP contribution < -0.4 is 9.47 Å². The summed E-state index contributed by atoms with van der Waals surface area (Å²) in [5, 5.41) is 9.20. The SMILES string of the molecule is CC(COc1ccccc1)Oc1ccc(C#N)c(Cl)c1. The third-order valence-electron chi connectivity index (χ3n) is 2.63. The molecule has 0 bridgehead atoms. The summed E-state index contributed by atoms with van der Waals surface area (Å²) in [5.74, 6) is 1.43. The lowest BCUT2D eigenvalue weighted by Crippen LogP contribution is -2.21. The Morgan fingerprint density at radius 1 is 1.15 bits per heavy atom. The van der Waals surface area contributed by atoms with Crippen LogP contribution in [0.2, 0.25) is 5.02 Å². The van der Waals surface area contributed by atoms with E-state index in [1.165, 1.54) is 0 Å². The smallest absolute Gasteiger partial charge is 0.130 e. The number of benzene rings is 2. The van der Waals surface area contributed by atoms with Gasteiger partial charge in [-0.1, -0.05) is 29.8 Å². The summed E-state index contributed by atoms with van der Waals surface area (Å²) in [6.45, 7) is 2.34. The van der Waals surface area contributed by atoms with Crippen molar-refractivity contribution in [2.75, 3.05) is 6.61 Å². The number of rotatable bonds is 5. The van der Waals surface area contributed by atoms with Gasteiger partial charge in [-0.25, -0.2) is 0 Å². The first-order valence-electron chi connectivity index (χ1n) is 6.23. The van der Waals surface area contributed by atoms with E-state index in [0.717, 1.165) is 5.75 Å². The molecule has 0 aliphatic carbocycles. The van der Waals surface area contributed by atoms with Crippen LogP contribution in [-0.2, 0) is 0 Å². The molecule has 0 aliphatic heterocycles. The van der Waals surface area contributed by atoms with Crippen molar-refractivity contribution in [3.05, 3.63) is 59.1 Å². The fraction of sp³-hybridized carbons (Fsp3) is 0.188. The molecule has 20 heavy (non-hydrogen) atoms. The molecule has 1 unspecified atom stereocenters. The molecule has 0 N–H and O–H groups in total. The molecule has 0 saturated heterocycles. The van der Waals surface area contributed by atoms with E-state index in [1.807, 2.05) is 43.3 Å². The molecule has 2 rings (SSSR count). The molecule has 0 saturated carbocycles. The number of hydrogen-bond acceptors (Lipinski definition) is 3. The molecule has 3 nitrogen and oxygen atoms in total. The Morgan fingerprint density at radius 2 is 1.90 bits per heavy atom. The summed E-state index contributed by atoms with van der Waals surface area (Å²) in [7, 11) is 0. The summed E-state index contributed by atoms with van der Waals surface area (Å²) in [5.41, 5.74) is 0.437. The van der Waals surface area contributed by atoms with E-state index in [9.17, 15) is 0 Å². The number of hydrogen-bond donors (Lipinski definition) is 0. The molecule has 2 aromatic rings. The Kier molecular flexibility index (Phi) is 4.86. The summed E-state index contributed by atoms with van der Waals surface area (Å²) < 4.78 is 11.3. The Hall–Kier alpha value is -2.18. The molecule has 0 amide bonds. The zero-order valence-electron chi connectivity index (χ0n) is 11.0. The third-order valence-corrected chi connectivity index (χ3v) is 2.94. The molecule has 102 valence electrons. The van der Waals surface area contributed by atoms with E-state index in [-0.39, 0.29) is 6.10 Å². The van der Waals surface area contributed by atoms with Crippen molar-refractivity contribution < 1.29 is 9.47 Å². The van der Waals surface area contributed by atoms with Crippen LogP contribution in [-0.4, -0.2) is 12.7 Å². The second kappa shape index (κ2) is 6.83. The maximum absolute atomic E-state index is 8.81. The second-order valence-corrected chi connectivity index (χ2v) is 4.71. The van der Waals surface area contributed by atoms with Crippen molar-refractivity contribution in [3.63, 3.8) is 0 Å². The maximum atomic E-state index is 8.81. The van der Waals surface area contributed by atoms with Gasteiger partial charge in [-0.2, -0.15) is 5.26 Å². The molecule has 0 heterocycles. The van der Waals surface area contributed by atoms with Gasteiger partial charge in [0.05, 0.1) is 10.6 Å². The summed E-state index contributed by atoms with van der Waals surface area (Å²) in [4.78, 5) is 0. The highest BCUT2D eigenvalue weighted by Gasteiger charge is 2.07. The lowest BCUT2D eigenvalue weighted by atomic mass is 10.2. The molecular formula is C16H14ClNO2. The number of para-hydroxylation sites is 1. The van der Waals surface area contributed by atoms with Crippen LogP contribution in [0.1, 0.15) is 12.5 Å². The number of ether oxygens (including phenoxy) is 2. The van der Waals surface area contributed by atoms with Crippen molar-refractivity contribution in [3.8, 4) is 17.6 Å². The van der Waals surface area contributed by atoms with Gasteiger partial charge in [0, 0.05) is 6.07 Å². The van der Waals surface area contributed by atoms with Gasteiger partial charge in [0.25, 0.3) is 0 Å². The number of nitriles is 1. The predicted octanol–water partition coefficient (Wildman–Crippen LogP) is 4.06. The highest BCUT2D eigenvalue weighted by molar-refractivity contribution is 6.31. The highest BCUT2D eigenvalue weighted by Crippen LogP contribution is 2.22. The number of nitrogens with zero attached hydrogens (tertiary/aromatic N) is 1. The summed E-state index contributed by atoms with van der Waals surface area (Å²) in [6.07, 6.45) is -0.126. The third kappa shape index (κ3) is 3.91. The van der Waals surface area contributed by atoms with E-state index in [4.69, 9.17) is 26.3 Å². The van der Waals surface area contributed by atoms with Crippen LogP contribution in [0, 0.1) is 11.3 Å². The fourth-order valence-corrected chi connectivity index (χ4v) is 1.87. The van der Waals surface area contributed by atoms with E-state index in [0.29, 0.717) is 22.9 Å². The Bertz CT molecular complexity index is 608. The molecule has 4 heteroatoms. The first-order chi connectivity index (χ1) is 9.69. The van der Waals surface area contributed by atoms with Gasteiger partial charge in [-0.05, 0) is 31.2 Å².